The van der Waals surface area contributed by atoms with Crippen molar-refractivity contribution in [3.05, 3.63) is 30.2 Å². The van der Waals surface area contributed by atoms with Gasteiger partial charge in [0.15, 0.2) is 0 Å². The maximum Gasteiger partial charge on any atom is 0.573 e. The molecule has 1 saturated heterocycles. The lowest BCUT2D eigenvalue weighted by molar-refractivity contribution is -0.274. The van der Waals surface area contributed by atoms with Crippen LogP contribution >= 0.6 is 0 Å². The highest BCUT2D eigenvalue weighted by atomic mass is 19.4. The van der Waals surface area contributed by atoms with Crippen molar-refractivity contribution < 1.29 is 42.2 Å². The molecule has 13 heteroatoms. The second-order valence-corrected chi connectivity index (χ2v) is 7.49. The molecule has 0 bridgehead atoms. The lowest BCUT2D eigenvalue weighted by Gasteiger charge is -2.16. The summed E-state index contributed by atoms with van der Waals surface area (Å²) in [7, 11) is 0. The SMILES string of the molecule is CC(C)NC(=O)NC[C@H]1O[C@@H](Cc2nc(-c3ccc(OC(F)(F)F)cc3)no2)[C@H](O)[C@@H]1O. The van der Waals surface area contributed by atoms with Crippen LogP contribution in [0.15, 0.2) is 28.8 Å². The summed E-state index contributed by atoms with van der Waals surface area (Å²) < 4.78 is 51.3. The molecule has 4 N–H and O–H groups in total. The molecule has 32 heavy (non-hydrogen) atoms. The van der Waals surface area contributed by atoms with Crippen LogP contribution in [-0.2, 0) is 11.2 Å². The third-order valence-corrected chi connectivity index (χ3v) is 4.53. The Balaban J connectivity index is 1.57. The first-order valence-corrected chi connectivity index (χ1v) is 9.76. The Morgan fingerprint density at radius 1 is 1.19 bits per heavy atom. The Labute approximate surface area is 180 Å². The van der Waals surface area contributed by atoms with Gasteiger partial charge in [0.25, 0.3) is 0 Å². The zero-order valence-corrected chi connectivity index (χ0v) is 17.2. The molecule has 1 fully saturated rings. The second kappa shape index (κ2) is 9.71. The Hall–Kier alpha value is -2.90. The van der Waals surface area contributed by atoms with Crippen LogP contribution in [0.25, 0.3) is 11.4 Å². The van der Waals surface area contributed by atoms with Gasteiger partial charge in [0.2, 0.25) is 11.7 Å². The number of hydrogen-bond donors (Lipinski definition) is 4. The van der Waals surface area contributed by atoms with Gasteiger partial charge in [-0.1, -0.05) is 5.16 Å². The first kappa shape index (κ1) is 23.8. The van der Waals surface area contributed by atoms with E-state index in [1.54, 1.807) is 13.8 Å². The molecule has 0 unspecified atom stereocenters. The van der Waals surface area contributed by atoms with Crippen LogP contribution in [0.2, 0.25) is 0 Å². The van der Waals surface area contributed by atoms with Crippen LogP contribution < -0.4 is 15.4 Å². The zero-order valence-electron chi connectivity index (χ0n) is 17.2. The van der Waals surface area contributed by atoms with Crippen molar-refractivity contribution in [2.45, 2.75) is 57.1 Å². The maximum atomic E-state index is 12.3. The van der Waals surface area contributed by atoms with Crippen molar-refractivity contribution in [1.29, 1.82) is 0 Å². The number of carbonyl (C=O) groups is 1. The van der Waals surface area contributed by atoms with Gasteiger partial charge >= 0.3 is 12.4 Å². The van der Waals surface area contributed by atoms with E-state index in [1.807, 2.05) is 0 Å². The quantitative estimate of drug-likeness (QED) is 0.486. The molecule has 1 aromatic heterocycles. The maximum absolute atomic E-state index is 12.3. The molecule has 3 rings (SSSR count). The minimum absolute atomic E-state index is 0.0187. The number of aromatic nitrogens is 2. The van der Waals surface area contributed by atoms with Crippen LogP contribution in [0.3, 0.4) is 0 Å². The van der Waals surface area contributed by atoms with Crippen LogP contribution in [0.1, 0.15) is 19.7 Å². The van der Waals surface area contributed by atoms with Crippen LogP contribution in [0.5, 0.6) is 5.75 Å². The number of rotatable bonds is 7. The molecule has 2 heterocycles. The third-order valence-electron chi connectivity index (χ3n) is 4.53. The van der Waals surface area contributed by atoms with Crippen LogP contribution in [-0.4, -0.2) is 69.7 Å². The number of aliphatic hydroxyl groups is 2. The van der Waals surface area contributed by atoms with Gasteiger partial charge < -0.3 is 34.8 Å². The minimum atomic E-state index is -4.79. The largest absolute Gasteiger partial charge is 0.573 e. The number of nitrogens with one attached hydrogen (secondary N) is 2. The predicted molar refractivity (Wildman–Crippen MR) is 102 cm³/mol. The molecule has 2 aromatic rings. The average Bonchev–Trinajstić information content (AvgIpc) is 3.26. The molecular formula is C19H23F3N4O6. The topological polar surface area (TPSA) is 139 Å². The Morgan fingerprint density at radius 3 is 2.47 bits per heavy atom. The van der Waals surface area contributed by atoms with Gasteiger partial charge in [-0.2, -0.15) is 4.98 Å². The fourth-order valence-electron chi connectivity index (χ4n) is 3.10. The molecule has 1 aliphatic heterocycles. The highest BCUT2D eigenvalue weighted by molar-refractivity contribution is 5.74. The number of amides is 2. The molecular weight excluding hydrogens is 437 g/mol. The van der Waals surface area contributed by atoms with Crippen molar-refractivity contribution in [1.82, 2.24) is 20.8 Å². The Kier molecular flexibility index (Phi) is 7.21. The van der Waals surface area contributed by atoms with Gasteiger partial charge in [0.1, 0.15) is 24.1 Å². The first-order valence-electron chi connectivity index (χ1n) is 9.76. The second-order valence-electron chi connectivity index (χ2n) is 7.49. The summed E-state index contributed by atoms with van der Waals surface area (Å²) in [4.78, 5) is 15.8. The van der Waals surface area contributed by atoms with Crippen molar-refractivity contribution in [3.8, 4) is 17.1 Å². The molecule has 1 aromatic carbocycles. The van der Waals surface area contributed by atoms with E-state index in [1.165, 1.54) is 12.1 Å². The predicted octanol–water partition coefficient (Wildman–Crippen LogP) is 1.37. The van der Waals surface area contributed by atoms with Gasteiger partial charge in [-0.25, -0.2) is 4.79 Å². The summed E-state index contributed by atoms with van der Waals surface area (Å²) in [5.74, 6) is -0.170. The molecule has 1 aliphatic rings. The van der Waals surface area contributed by atoms with Crippen molar-refractivity contribution >= 4 is 6.03 Å². The number of aliphatic hydroxyl groups excluding tert-OH is 2. The number of halogens is 3. The summed E-state index contributed by atoms with van der Waals surface area (Å²) in [6, 6.07) is 4.41. The van der Waals surface area contributed by atoms with Crippen molar-refractivity contribution in [2.24, 2.45) is 0 Å². The normalized spacial score (nSPS) is 23.4. The molecule has 4 atom stereocenters. The summed E-state index contributed by atoms with van der Waals surface area (Å²) in [5.41, 5.74) is 0.390. The van der Waals surface area contributed by atoms with E-state index in [4.69, 9.17) is 9.26 Å². The summed E-state index contributed by atoms with van der Waals surface area (Å²) in [6.45, 7) is 3.57. The average molecular weight is 460 g/mol. The fourth-order valence-corrected chi connectivity index (χ4v) is 3.10. The monoisotopic (exact) mass is 460 g/mol. The number of ether oxygens (including phenoxy) is 2. The van der Waals surface area contributed by atoms with E-state index in [0.29, 0.717) is 5.56 Å². The van der Waals surface area contributed by atoms with Gasteiger partial charge in [-0.05, 0) is 38.1 Å². The molecule has 10 nitrogen and oxygen atoms in total. The minimum Gasteiger partial charge on any atom is -0.406 e. The van der Waals surface area contributed by atoms with E-state index in [0.717, 1.165) is 12.1 Å². The number of carbonyl (C=O) groups excluding carboxylic acids is 1. The lowest BCUT2D eigenvalue weighted by atomic mass is 10.1. The number of benzene rings is 1. The standard InChI is InChI=1S/C19H23F3N4O6/c1-9(2)24-18(29)23-8-13-16(28)15(27)12(30-13)7-14-25-17(26-32-14)10-3-5-11(6-4-10)31-19(20,21)22/h3-6,9,12-13,15-16,27-28H,7-8H2,1-2H3,(H2,23,24,29)/t12-,13+,15-,16+/m0/s1. The van der Waals surface area contributed by atoms with Gasteiger partial charge in [-0.3, -0.25) is 0 Å². The fraction of sp³-hybridized carbons (Fsp3) is 0.526. The van der Waals surface area contributed by atoms with Crippen LogP contribution in [0.4, 0.5) is 18.0 Å². The van der Waals surface area contributed by atoms with Crippen LogP contribution in [0, 0.1) is 0 Å². The number of nitrogens with zero attached hydrogens (tertiary/aromatic N) is 2. The van der Waals surface area contributed by atoms with Crippen molar-refractivity contribution in [3.63, 3.8) is 0 Å². The smallest absolute Gasteiger partial charge is 0.406 e. The molecule has 0 aliphatic carbocycles. The molecule has 176 valence electrons. The van der Waals surface area contributed by atoms with E-state index < -0.39 is 36.8 Å². The summed E-state index contributed by atoms with van der Waals surface area (Å²) in [5, 5.41) is 29.4. The highest BCUT2D eigenvalue weighted by Gasteiger charge is 2.43. The van der Waals surface area contributed by atoms with Gasteiger partial charge in [0.05, 0.1) is 12.5 Å². The zero-order chi connectivity index (χ0) is 23.5. The molecule has 0 saturated carbocycles. The van der Waals surface area contributed by atoms with E-state index in [2.05, 4.69) is 25.5 Å². The Bertz CT molecular complexity index is 905. The summed E-state index contributed by atoms with van der Waals surface area (Å²) in [6.07, 6.45) is -8.99. The first-order chi connectivity index (χ1) is 15.0. The van der Waals surface area contributed by atoms with E-state index in [9.17, 15) is 28.2 Å². The van der Waals surface area contributed by atoms with Crippen molar-refractivity contribution in [2.75, 3.05) is 6.54 Å². The molecule has 0 spiro atoms. The number of hydrogen-bond acceptors (Lipinski definition) is 8. The van der Waals surface area contributed by atoms with E-state index in [-0.39, 0.29) is 36.5 Å². The molecule has 0 radical (unpaired) electrons. The molecule has 2 amide bonds. The lowest BCUT2D eigenvalue weighted by Crippen LogP contribution is -2.45. The Morgan fingerprint density at radius 2 is 1.84 bits per heavy atom. The number of alkyl halides is 3. The third kappa shape index (κ3) is 6.31. The van der Waals surface area contributed by atoms with Gasteiger partial charge in [-0.15, -0.1) is 13.2 Å². The van der Waals surface area contributed by atoms with E-state index >= 15 is 0 Å². The number of urea groups is 1. The highest BCUT2D eigenvalue weighted by Crippen LogP contribution is 2.27. The summed E-state index contributed by atoms with van der Waals surface area (Å²) >= 11 is 0. The van der Waals surface area contributed by atoms with Gasteiger partial charge in [0, 0.05) is 18.2 Å².